The number of fused-ring (bicyclic) bond motifs is 1. The summed E-state index contributed by atoms with van der Waals surface area (Å²) in [5.41, 5.74) is 4.16. The highest BCUT2D eigenvalue weighted by Crippen LogP contribution is 2.35. The van der Waals surface area contributed by atoms with Gasteiger partial charge in [-0.1, -0.05) is 48.5 Å². The van der Waals surface area contributed by atoms with Crippen LogP contribution in [0.4, 0.5) is 22.7 Å². The number of benzene rings is 3. The Hall–Kier alpha value is -3.60. The second-order valence-electron chi connectivity index (χ2n) is 6.79. The molecule has 140 valence electrons. The molecule has 3 aromatic carbocycles. The van der Waals surface area contributed by atoms with Gasteiger partial charge in [-0.15, -0.1) is 0 Å². The fourth-order valence-corrected chi connectivity index (χ4v) is 3.53. The van der Waals surface area contributed by atoms with Gasteiger partial charge in [0.25, 0.3) is 0 Å². The molecule has 28 heavy (non-hydrogen) atoms. The number of carbonyl (C=O) groups is 2. The Labute approximate surface area is 164 Å². The van der Waals surface area contributed by atoms with Gasteiger partial charge in [-0.3, -0.25) is 9.59 Å². The van der Waals surface area contributed by atoms with E-state index in [1.165, 1.54) is 0 Å². The molecule has 0 saturated heterocycles. The third kappa shape index (κ3) is 3.47. The molecule has 2 amide bonds. The molecule has 1 aliphatic rings. The first-order chi connectivity index (χ1) is 13.6. The molecule has 0 aromatic heterocycles. The average Bonchev–Trinajstić information content (AvgIpc) is 2.73. The van der Waals surface area contributed by atoms with Crippen molar-refractivity contribution in [2.75, 3.05) is 22.6 Å². The zero-order valence-corrected chi connectivity index (χ0v) is 15.6. The molecule has 5 nitrogen and oxygen atoms in total. The van der Waals surface area contributed by atoms with E-state index < -0.39 is 5.92 Å². The topological polar surface area (TPSA) is 61.4 Å². The third-order valence-corrected chi connectivity index (χ3v) is 4.98. The second-order valence-corrected chi connectivity index (χ2v) is 6.79. The Morgan fingerprint density at radius 1 is 0.964 bits per heavy atom. The number of anilines is 4. The van der Waals surface area contributed by atoms with Crippen molar-refractivity contribution < 1.29 is 9.59 Å². The maximum absolute atomic E-state index is 13.1. The number of nitrogens with one attached hydrogen (secondary N) is 2. The molecule has 1 atom stereocenters. The quantitative estimate of drug-likeness (QED) is 0.709. The number of nitrogens with zero attached hydrogens (tertiary/aromatic N) is 1. The van der Waals surface area contributed by atoms with E-state index in [4.69, 9.17) is 0 Å². The minimum absolute atomic E-state index is 0.138. The van der Waals surface area contributed by atoms with E-state index in [1.807, 2.05) is 90.8 Å². The van der Waals surface area contributed by atoms with Gasteiger partial charge in [0.2, 0.25) is 11.8 Å². The lowest BCUT2D eigenvalue weighted by atomic mass is 9.89. The monoisotopic (exact) mass is 371 g/mol. The first kappa shape index (κ1) is 17.8. The fraction of sp³-hybridized carbons (Fsp3) is 0.130. The summed E-state index contributed by atoms with van der Waals surface area (Å²) in [6.45, 7) is 0. The highest BCUT2D eigenvalue weighted by atomic mass is 16.2. The van der Waals surface area contributed by atoms with Crippen LogP contribution >= 0.6 is 0 Å². The second kappa shape index (κ2) is 7.56. The lowest BCUT2D eigenvalue weighted by molar-refractivity contribution is -0.123. The van der Waals surface area contributed by atoms with Crippen LogP contribution in [-0.4, -0.2) is 18.9 Å². The minimum atomic E-state index is -0.514. The Morgan fingerprint density at radius 2 is 1.64 bits per heavy atom. The molecule has 0 saturated carbocycles. The van der Waals surface area contributed by atoms with Gasteiger partial charge in [0.15, 0.2) is 0 Å². The standard InChI is InChI=1S/C23H21N3O2/c1-26(16-9-3-2-4-10-16)21-14-8-7-13-20(21)25-23(28)18-15-22(27)24-19-12-6-5-11-17(18)19/h2-14,18H,15H2,1H3,(H,24,27)(H,25,28)/t18-/m1/s1. The van der Waals surface area contributed by atoms with Crippen LogP contribution in [0.3, 0.4) is 0 Å². The van der Waals surface area contributed by atoms with Crippen molar-refractivity contribution in [3.05, 3.63) is 84.4 Å². The Balaban J connectivity index is 1.62. The van der Waals surface area contributed by atoms with E-state index in [0.717, 1.165) is 16.9 Å². The van der Waals surface area contributed by atoms with Gasteiger partial charge in [0, 0.05) is 24.8 Å². The van der Waals surface area contributed by atoms with Crippen molar-refractivity contribution in [2.45, 2.75) is 12.3 Å². The van der Waals surface area contributed by atoms with E-state index in [0.29, 0.717) is 11.4 Å². The summed E-state index contributed by atoms with van der Waals surface area (Å²) in [5, 5.41) is 5.86. The van der Waals surface area contributed by atoms with Gasteiger partial charge in [0.1, 0.15) is 0 Å². The van der Waals surface area contributed by atoms with Crippen LogP contribution < -0.4 is 15.5 Å². The Morgan fingerprint density at radius 3 is 2.46 bits per heavy atom. The molecule has 0 aliphatic carbocycles. The van der Waals surface area contributed by atoms with Crippen LogP contribution in [0.25, 0.3) is 0 Å². The summed E-state index contributed by atoms with van der Waals surface area (Å²) < 4.78 is 0. The molecule has 1 aliphatic heterocycles. The van der Waals surface area contributed by atoms with Crippen molar-refractivity contribution in [1.82, 2.24) is 0 Å². The zero-order chi connectivity index (χ0) is 19.5. The number of carbonyl (C=O) groups excluding carboxylic acids is 2. The summed E-state index contributed by atoms with van der Waals surface area (Å²) in [7, 11) is 1.96. The number of hydrogen-bond donors (Lipinski definition) is 2. The van der Waals surface area contributed by atoms with Gasteiger partial charge < -0.3 is 15.5 Å². The Bertz CT molecular complexity index is 1020. The van der Waals surface area contributed by atoms with E-state index in [9.17, 15) is 9.59 Å². The van der Waals surface area contributed by atoms with Gasteiger partial charge >= 0.3 is 0 Å². The molecule has 0 fully saturated rings. The largest absolute Gasteiger partial charge is 0.343 e. The van der Waals surface area contributed by atoms with Crippen molar-refractivity contribution in [3.8, 4) is 0 Å². The molecule has 0 bridgehead atoms. The first-order valence-electron chi connectivity index (χ1n) is 9.21. The van der Waals surface area contributed by atoms with E-state index in [2.05, 4.69) is 10.6 Å². The predicted octanol–water partition coefficient (Wildman–Crippen LogP) is 4.52. The maximum atomic E-state index is 13.1. The van der Waals surface area contributed by atoms with Crippen LogP contribution in [0.15, 0.2) is 78.9 Å². The molecule has 1 heterocycles. The van der Waals surface area contributed by atoms with E-state index >= 15 is 0 Å². The van der Waals surface area contributed by atoms with Crippen molar-refractivity contribution in [2.24, 2.45) is 0 Å². The number of para-hydroxylation sites is 4. The zero-order valence-electron chi connectivity index (χ0n) is 15.6. The van der Waals surface area contributed by atoms with Gasteiger partial charge in [0.05, 0.1) is 17.3 Å². The van der Waals surface area contributed by atoms with E-state index in [1.54, 1.807) is 0 Å². The first-order valence-corrected chi connectivity index (χ1v) is 9.21. The normalized spacial score (nSPS) is 15.3. The van der Waals surface area contributed by atoms with Crippen molar-refractivity contribution in [1.29, 1.82) is 0 Å². The number of rotatable bonds is 4. The van der Waals surface area contributed by atoms with Crippen LogP contribution in [0.2, 0.25) is 0 Å². The Kier molecular flexibility index (Phi) is 4.81. The molecule has 0 spiro atoms. The van der Waals surface area contributed by atoms with Crippen molar-refractivity contribution >= 4 is 34.6 Å². The highest BCUT2D eigenvalue weighted by Gasteiger charge is 2.30. The maximum Gasteiger partial charge on any atom is 0.232 e. The van der Waals surface area contributed by atoms with Gasteiger partial charge in [-0.05, 0) is 35.9 Å². The molecule has 5 heteroatoms. The highest BCUT2D eigenvalue weighted by molar-refractivity contribution is 6.06. The van der Waals surface area contributed by atoms with Gasteiger partial charge in [-0.25, -0.2) is 0 Å². The lowest BCUT2D eigenvalue weighted by Gasteiger charge is -2.26. The van der Waals surface area contributed by atoms with E-state index in [-0.39, 0.29) is 18.2 Å². The number of hydrogen-bond acceptors (Lipinski definition) is 3. The molecule has 4 rings (SSSR count). The SMILES string of the molecule is CN(c1ccccc1)c1ccccc1NC(=O)[C@@H]1CC(=O)Nc2ccccc21. The van der Waals surface area contributed by atoms with Crippen LogP contribution in [-0.2, 0) is 9.59 Å². The predicted molar refractivity (Wildman–Crippen MR) is 112 cm³/mol. The van der Waals surface area contributed by atoms with Crippen molar-refractivity contribution in [3.63, 3.8) is 0 Å². The summed E-state index contributed by atoms with van der Waals surface area (Å²) in [6.07, 6.45) is 0.138. The number of amides is 2. The molecule has 0 unspecified atom stereocenters. The summed E-state index contributed by atoms with van der Waals surface area (Å²) in [6, 6.07) is 25.1. The van der Waals surface area contributed by atoms with Gasteiger partial charge in [-0.2, -0.15) is 0 Å². The van der Waals surface area contributed by atoms with Crippen LogP contribution in [0, 0.1) is 0 Å². The molecule has 3 aromatic rings. The summed E-state index contributed by atoms with van der Waals surface area (Å²) in [5.74, 6) is -0.843. The fourth-order valence-electron chi connectivity index (χ4n) is 3.53. The molecule has 0 radical (unpaired) electrons. The summed E-state index contributed by atoms with van der Waals surface area (Å²) in [4.78, 5) is 27.2. The van der Waals surface area contributed by atoms with Crippen LogP contribution in [0.5, 0.6) is 0 Å². The summed E-state index contributed by atoms with van der Waals surface area (Å²) >= 11 is 0. The lowest BCUT2D eigenvalue weighted by Crippen LogP contribution is -2.31. The van der Waals surface area contributed by atoms with Crippen LogP contribution in [0.1, 0.15) is 17.9 Å². The molecular formula is C23H21N3O2. The smallest absolute Gasteiger partial charge is 0.232 e. The molecule has 2 N–H and O–H groups in total. The molecular weight excluding hydrogens is 350 g/mol. The third-order valence-electron chi connectivity index (χ3n) is 4.98. The minimum Gasteiger partial charge on any atom is -0.343 e. The average molecular weight is 371 g/mol.